The molecule has 4 heteroatoms. The lowest BCUT2D eigenvalue weighted by molar-refractivity contribution is 0.0932. The highest BCUT2D eigenvalue weighted by atomic mass is 16.1. The zero-order valence-corrected chi connectivity index (χ0v) is 12.3. The molecule has 1 heterocycles. The van der Waals surface area contributed by atoms with Crippen molar-refractivity contribution in [1.29, 1.82) is 0 Å². The fourth-order valence-corrected chi connectivity index (χ4v) is 3.20. The number of nitrogens with one attached hydrogen (secondary N) is 1. The molecule has 0 aromatic carbocycles. The van der Waals surface area contributed by atoms with Crippen molar-refractivity contribution in [3.63, 3.8) is 0 Å². The highest BCUT2D eigenvalue weighted by molar-refractivity contribution is 5.93. The highest BCUT2D eigenvalue weighted by Gasteiger charge is 2.28. The maximum absolute atomic E-state index is 12.3. The summed E-state index contributed by atoms with van der Waals surface area (Å²) in [6.45, 7) is 3.13. The van der Waals surface area contributed by atoms with Crippen LogP contribution in [-0.2, 0) is 0 Å². The van der Waals surface area contributed by atoms with Crippen LogP contribution in [0.3, 0.4) is 0 Å². The molecule has 1 aromatic heterocycles. The topological polar surface area (TPSA) is 60.1 Å². The van der Waals surface area contributed by atoms with E-state index in [0.29, 0.717) is 17.6 Å². The molecule has 2 fully saturated rings. The fourth-order valence-electron chi connectivity index (χ4n) is 3.20. The molecule has 2 saturated carbocycles. The number of nitrogens with two attached hydrogens (primary N) is 1. The van der Waals surface area contributed by atoms with Gasteiger partial charge in [0, 0.05) is 18.8 Å². The van der Waals surface area contributed by atoms with Crippen LogP contribution in [0.25, 0.3) is 0 Å². The minimum atomic E-state index is 0.0345. The third kappa shape index (κ3) is 3.00. The molecule has 0 unspecified atom stereocenters. The van der Waals surface area contributed by atoms with Crippen LogP contribution in [0.4, 0.5) is 5.69 Å². The Morgan fingerprint density at radius 2 is 2.00 bits per heavy atom. The van der Waals surface area contributed by atoms with Crippen molar-refractivity contribution in [3.8, 4) is 0 Å². The quantitative estimate of drug-likeness (QED) is 0.887. The van der Waals surface area contributed by atoms with Crippen LogP contribution >= 0.6 is 0 Å². The Labute approximate surface area is 120 Å². The van der Waals surface area contributed by atoms with Crippen molar-refractivity contribution in [2.45, 2.75) is 51.5 Å². The highest BCUT2D eigenvalue weighted by Crippen LogP contribution is 2.37. The van der Waals surface area contributed by atoms with Crippen LogP contribution in [0.15, 0.2) is 12.3 Å². The van der Waals surface area contributed by atoms with Gasteiger partial charge in [0.25, 0.3) is 5.91 Å². The zero-order valence-electron chi connectivity index (χ0n) is 12.3. The Morgan fingerprint density at radius 1 is 1.30 bits per heavy atom. The summed E-state index contributed by atoms with van der Waals surface area (Å²) < 4.78 is 2.05. The smallest absolute Gasteiger partial charge is 0.268 e. The van der Waals surface area contributed by atoms with E-state index in [-0.39, 0.29) is 5.91 Å². The lowest BCUT2D eigenvalue weighted by Crippen LogP contribution is -2.32. The third-order valence-corrected chi connectivity index (χ3v) is 4.73. The van der Waals surface area contributed by atoms with E-state index in [2.05, 4.69) is 12.2 Å². The Hall–Kier alpha value is -1.45. The summed E-state index contributed by atoms with van der Waals surface area (Å²) in [5, 5.41) is 3.10. The Bertz CT molecular complexity index is 482. The summed E-state index contributed by atoms with van der Waals surface area (Å²) in [6, 6.07) is 2.29. The monoisotopic (exact) mass is 275 g/mol. The molecule has 0 aliphatic heterocycles. The van der Waals surface area contributed by atoms with Crippen LogP contribution in [0.2, 0.25) is 0 Å². The number of anilines is 1. The first-order valence-electron chi connectivity index (χ1n) is 7.89. The summed E-state index contributed by atoms with van der Waals surface area (Å²) in [7, 11) is 0. The number of aromatic nitrogens is 1. The standard InChI is InChI=1S/C16H25N3O/c1-11-2-4-12(5-3-11)9-18-16(20)15-8-13(17)10-19(15)14-6-7-14/h8,10-12,14H,2-7,9,17H2,1H3,(H,18,20). The van der Waals surface area contributed by atoms with Crippen molar-refractivity contribution in [3.05, 3.63) is 18.0 Å². The molecule has 0 spiro atoms. The van der Waals surface area contributed by atoms with Gasteiger partial charge in [0.15, 0.2) is 0 Å². The maximum atomic E-state index is 12.3. The molecule has 4 nitrogen and oxygen atoms in total. The molecule has 0 saturated heterocycles. The van der Waals surface area contributed by atoms with Gasteiger partial charge in [-0.05, 0) is 43.6 Å². The van der Waals surface area contributed by atoms with E-state index in [9.17, 15) is 4.79 Å². The van der Waals surface area contributed by atoms with E-state index < -0.39 is 0 Å². The van der Waals surface area contributed by atoms with Crippen molar-refractivity contribution in [2.75, 3.05) is 12.3 Å². The first-order chi connectivity index (χ1) is 9.63. The molecule has 110 valence electrons. The second-order valence-corrected chi connectivity index (χ2v) is 6.63. The van der Waals surface area contributed by atoms with Gasteiger partial charge in [-0.3, -0.25) is 4.79 Å². The molecule has 2 aliphatic rings. The van der Waals surface area contributed by atoms with Crippen molar-refractivity contribution >= 4 is 11.6 Å². The summed E-state index contributed by atoms with van der Waals surface area (Å²) in [6.07, 6.45) is 9.30. The molecule has 1 amide bonds. The van der Waals surface area contributed by atoms with E-state index in [0.717, 1.165) is 31.0 Å². The molecule has 0 bridgehead atoms. The minimum absolute atomic E-state index is 0.0345. The van der Waals surface area contributed by atoms with Crippen molar-refractivity contribution in [1.82, 2.24) is 9.88 Å². The average molecular weight is 275 g/mol. The van der Waals surface area contributed by atoms with E-state index in [1.54, 1.807) is 6.07 Å². The molecule has 1 aromatic rings. The number of nitrogens with zero attached hydrogens (tertiary/aromatic N) is 1. The first-order valence-corrected chi connectivity index (χ1v) is 7.89. The molecule has 0 atom stereocenters. The number of carbonyl (C=O) groups is 1. The van der Waals surface area contributed by atoms with E-state index in [4.69, 9.17) is 5.73 Å². The summed E-state index contributed by atoms with van der Waals surface area (Å²) >= 11 is 0. The SMILES string of the molecule is CC1CCC(CNC(=O)c2cc(N)cn2C2CC2)CC1. The molecule has 0 radical (unpaired) electrons. The van der Waals surface area contributed by atoms with Gasteiger partial charge in [-0.25, -0.2) is 0 Å². The number of hydrogen-bond acceptors (Lipinski definition) is 2. The van der Waals surface area contributed by atoms with Gasteiger partial charge in [-0.2, -0.15) is 0 Å². The molecule has 20 heavy (non-hydrogen) atoms. The summed E-state index contributed by atoms with van der Waals surface area (Å²) in [5.74, 6) is 1.54. The normalized spacial score (nSPS) is 26.4. The Kier molecular flexibility index (Phi) is 3.72. The molecule has 2 aliphatic carbocycles. The lowest BCUT2D eigenvalue weighted by Gasteiger charge is -2.26. The summed E-state index contributed by atoms with van der Waals surface area (Å²) in [5.41, 5.74) is 7.26. The Morgan fingerprint density at radius 3 is 2.65 bits per heavy atom. The van der Waals surface area contributed by atoms with E-state index in [1.165, 1.54) is 25.7 Å². The number of nitrogen functional groups attached to an aromatic ring is 1. The van der Waals surface area contributed by atoms with Crippen molar-refractivity contribution < 1.29 is 4.79 Å². The lowest BCUT2D eigenvalue weighted by atomic mass is 9.83. The minimum Gasteiger partial charge on any atom is -0.397 e. The molecular formula is C16H25N3O. The predicted molar refractivity (Wildman–Crippen MR) is 80.6 cm³/mol. The first kappa shape index (κ1) is 13.5. The average Bonchev–Trinajstić information content (AvgIpc) is 3.20. The van der Waals surface area contributed by atoms with Gasteiger partial charge in [0.05, 0.1) is 5.69 Å². The van der Waals surface area contributed by atoms with Crippen molar-refractivity contribution in [2.24, 2.45) is 11.8 Å². The largest absolute Gasteiger partial charge is 0.397 e. The van der Waals surface area contributed by atoms with Crippen LogP contribution in [0.1, 0.15) is 62.0 Å². The molecule has 3 rings (SSSR count). The van der Waals surface area contributed by atoms with E-state index in [1.807, 2.05) is 10.8 Å². The van der Waals surface area contributed by atoms with Gasteiger partial charge in [-0.1, -0.05) is 19.8 Å². The van der Waals surface area contributed by atoms with Gasteiger partial charge in [0.1, 0.15) is 5.69 Å². The fraction of sp³-hybridized carbons (Fsp3) is 0.688. The van der Waals surface area contributed by atoms with Gasteiger partial charge in [0.2, 0.25) is 0 Å². The van der Waals surface area contributed by atoms with E-state index >= 15 is 0 Å². The maximum Gasteiger partial charge on any atom is 0.268 e. The molecular weight excluding hydrogens is 250 g/mol. The van der Waals surface area contributed by atoms with Gasteiger partial charge in [-0.15, -0.1) is 0 Å². The number of amides is 1. The number of carbonyl (C=O) groups excluding carboxylic acids is 1. The third-order valence-electron chi connectivity index (χ3n) is 4.73. The molecule has 3 N–H and O–H groups in total. The number of hydrogen-bond donors (Lipinski definition) is 2. The van der Waals surface area contributed by atoms with Gasteiger partial charge < -0.3 is 15.6 Å². The van der Waals surface area contributed by atoms with Crippen LogP contribution < -0.4 is 11.1 Å². The second kappa shape index (κ2) is 5.51. The van der Waals surface area contributed by atoms with Crippen LogP contribution in [0, 0.1) is 11.8 Å². The van der Waals surface area contributed by atoms with Crippen LogP contribution in [0.5, 0.6) is 0 Å². The number of rotatable bonds is 4. The van der Waals surface area contributed by atoms with Crippen LogP contribution in [-0.4, -0.2) is 17.0 Å². The van der Waals surface area contributed by atoms with Gasteiger partial charge >= 0.3 is 0 Å². The Balaban J connectivity index is 1.56. The zero-order chi connectivity index (χ0) is 14.1. The second-order valence-electron chi connectivity index (χ2n) is 6.63. The predicted octanol–water partition coefficient (Wildman–Crippen LogP) is 2.96. The summed E-state index contributed by atoms with van der Waals surface area (Å²) in [4.78, 5) is 12.3.